The molecule has 108 valence electrons. The van der Waals surface area contributed by atoms with Crippen LogP contribution in [0.25, 0.3) is 0 Å². The van der Waals surface area contributed by atoms with E-state index in [1.54, 1.807) is 6.33 Å². The Bertz CT molecular complexity index is 539. The summed E-state index contributed by atoms with van der Waals surface area (Å²) in [7, 11) is 2.00. The zero-order valence-corrected chi connectivity index (χ0v) is 12.8. The van der Waals surface area contributed by atoms with Crippen LogP contribution < -0.4 is 5.32 Å². The van der Waals surface area contributed by atoms with Gasteiger partial charge in [0.05, 0.1) is 0 Å². The van der Waals surface area contributed by atoms with Gasteiger partial charge in [-0.05, 0) is 32.9 Å². The second-order valence-corrected chi connectivity index (χ2v) is 5.37. The Hall–Kier alpha value is -1.68. The Morgan fingerprint density at radius 2 is 1.90 bits per heavy atom. The van der Waals surface area contributed by atoms with E-state index in [9.17, 15) is 0 Å². The molecule has 0 bridgehead atoms. The summed E-state index contributed by atoms with van der Waals surface area (Å²) in [5.41, 5.74) is 3.92. The Balaban J connectivity index is 2.22. The largest absolute Gasteiger partial charge is 0.313 e. The van der Waals surface area contributed by atoms with E-state index in [-0.39, 0.29) is 6.04 Å². The predicted molar refractivity (Wildman–Crippen MR) is 81.7 cm³/mol. The number of aryl methyl sites for hydroxylation is 3. The maximum Gasteiger partial charge on any atom is 0.138 e. The molecule has 4 heteroatoms. The fourth-order valence-electron chi connectivity index (χ4n) is 2.63. The van der Waals surface area contributed by atoms with E-state index < -0.39 is 0 Å². The van der Waals surface area contributed by atoms with E-state index in [4.69, 9.17) is 0 Å². The third-order valence-corrected chi connectivity index (χ3v) is 3.51. The van der Waals surface area contributed by atoms with Gasteiger partial charge >= 0.3 is 0 Å². The molecule has 0 spiro atoms. The third-order valence-electron chi connectivity index (χ3n) is 3.51. The predicted octanol–water partition coefficient (Wildman–Crippen LogP) is 2.81. The summed E-state index contributed by atoms with van der Waals surface area (Å²) in [6, 6.07) is 6.97. The van der Waals surface area contributed by atoms with Crippen LogP contribution in [0.4, 0.5) is 0 Å². The summed E-state index contributed by atoms with van der Waals surface area (Å²) in [5.74, 6) is 1.05. The van der Waals surface area contributed by atoms with E-state index in [2.05, 4.69) is 54.4 Å². The van der Waals surface area contributed by atoms with Crippen LogP contribution >= 0.6 is 0 Å². The highest BCUT2D eigenvalue weighted by molar-refractivity contribution is 5.31. The molecule has 1 N–H and O–H groups in total. The van der Waals surface area contributed by atoms with Crippen molar-refractivity contribution in [2.24, 2.45) is 0 Å². The minimum absolute atomic E-state index is 0.272. The highest BCUT2D eigenvalue weighted by Crippen LogP contribution is 2.20. The minimum atomic E-state index is 0.272. The highest BCUT2D eigenvalue weighted by atomic mass is 15.3. The lowest BCUT2D eigenvalue weighted by molar-refractivity contribution is 0.516. The fraction of sp³-hybridized carbons (Fsp3) is 0.500. The Morgan fingerprint density at radius 1 is 1.20 bits per heavy atom. The van der Waals surface area contributed by atoms with Crippen LogP contribution in [-0.2, 0) is 13.0 Å². The Labute approximate surface area is 121 Å². The number of benzene rings is 1. The number of nitrogens with zero attached hydrogens (tertiary/aromatic N) is 3. The molecule has 1 atom stereocenters. The molecule has 1 heterocycles. The molecule has 0 aliphatic carbocycles. The van der Waals surface area contributed by atoms with Crippen molar-refractivity contribution in [2.75, 3.05) is 7.05 Å². The topological polar surface area (TPSA) is 42.7 Å². The van der Waals surface area contributed by atoms with Crippen LogP contribution in [-0.4, -0.2) is 21.8 Å². The third kappa shape index (κ3) is 3.45. The molecule has 1 aromatic carbocycles. The molecular formula is C16H24N4. The zero-order chi connectivity index (χ0) is 14.5. The summed E-state index contributed by atoms with van der Waals surface area (Å²) in [5, 5.41) is 7.70. The van der Waals surface area contributed by atoms with Crippen molar-refractivity contribution in [3.63, 3.8) is 0 Å². The summed E-state index contributed by atoms with van der Waals surface area (Å²) < 4.78 is 2.01. The number of likely N-dealkylation sites (N-methyl/N-ethyl adjacent to an activating group) is 1. The summed E-state index contributed by atoms with van der Waals surface area (Å²) in [4.78, 5) is 4.40. The molecule has 1 aromatic heterocycles. The molecule has 0 radical (unpaired) electrons. The molecule has 0 saturated heterocycles. The second kappa shape index (κ2) is 6.66. The van der Waals surface area contributed by atoms with Crippen molar-refractivity contribution in [1.82, 2.24) is 20.1 Å². The lowest BCUT2D eigenvalue weighted by Crippen LogP contribution is -2.21. The van der Waals surface area contributed by atoms with Crippen LogP contribution in [0.3, 0.4) is 0 Å². The molecule has 0 fully saturated rings. The van der Waals surface area contributed by atoms with E-state index in [0.29, 0.717) is 0 Å². The van der Waals surface area contributed by atoms with Gasteiger partial charge < -0.3 is 5.32 Å². The molecule has 2 rings (SSSR count). The molecule has 0 saturated carbocycles. The highest BCUT2D eigenvalue weighted by Gasteiger charge is 2.14. The second-order valence-electron chi connectivity index (χ2n) is 5.37. The summed E-state index contributed by atoms with van der Waals surface area (Å²) in [6.07, 6.45) is 3.59. The van der Waals surface area contributed by atoms with E-state index in [1.165, 1.54) is 16.7 Å². The van der Waals surface area contributed by atoms with Crippen molar-refractivity contribution in [3.8, 4) is 0 Å². The lowest BCUT2D eigenvalue weighted by Gasteiger charge is -2.18. The standard InChI is InChI=1S/C16H24N4/c1-5-6-20-16(18-11-19-20)10-15(17-4)14-8-12(2)7-13(3)9-14/h7-9,11,15,17H,5-6,10H2,1-4H3. The lowest BCUT2D eigenvalue weighted by atomic mass is 9.99. The summed E-state index contributed by atoms with van der Waals surface area (Å²) in [6.45, 7) is 7.37. The fourth-order valence-corrected chi connectivity index (χ4v) is 2.63. The van der Waals surface area contributed by atoms with Crippen LogP contribution in [0.1, 0.15) is 41.9 Å². The minimum Gasteiger partial charge on any atom is -0.313 e. The van der Waals surface area contributed by atoms with Crippen molar-refractivity contribution < 1.29 is 0 Å². The number of aromatic nitrogens is 3. The van der Waals surface area contributed by atoms with Crippen LogP contribution in [0.5, 0.6) is 0 Å². The normalized spacial score (nSPS) is 12.6. The van der Waals surface area contributed by atoms with Crippen molar-refractivity contribution in [3.05, 3.63) is 47.0 Å². The van der Waals surface area contributed by atoms with Crippen molar-refractivity contribution in [2.45, 2.75) is 46.2 Å². The summed E-state index contributed by atoms with van der Waals surface area (Å²) >= 11 is 0. The smallest absolute Gasteiger partial charge is 0.138 e. The molecule has 4 nitrogen and oxygen atoms in total. The number of hydrogen-bond donors (Lipinski definition) is 1. The van der Waals surface area contributed by atoms with Gasteiger partial charge in [-0.25, -0.2) is 4.98 Å². The number of hydrogen-bond acceptors (Lipinski definition) is 3. The molecule has 1 unspecified atom stereocenters. The molecule has 0 aliphatic rings. The van der Waals surface area contributed by atoms with Gasteiger partial charge in [-0.15, -0.1) is 0 Å². The average Bonchev–Trinajstić information content (AvgIpc) is 2.82. The monoisotopic (exact) mass is 272 g/mol. The SMILES string of the molecule is CCCn1ncnc1CC(NC)c1cc(C)cc(C)c1. The van der Waals surface area contributed by atoms with Crippen molar-refractivity contribution >= 4 is 0 Å². The average molecular weight is 272 g/mol. The van der Waals surface area contributed by atoms with Crippen LogP contribution in [0, 0.1) is 13.8 Å². The van der Waals surface area contributed by atoms with Gasteiger partial charge in [0.2, 0.25) is 0 Å². The molecule has 0 amide bonds. The number of nitrogens with one attached hydrogen (secondary N) is 1. The zero-order valence-electron chi connectivity index (χ0n) is 12.8. The maximum atomic E-state index is 4.40. The van der Waals surface area contributed by atoms with E-state index >= 15 is 0 Å². The molecular weight excluding hydrogens is 248 g/mol. The number of rotatable bonds is 6. The first kappa shape index (κ1) is 14.7. The van der Waals surface area contributed by atoms with Gasteiger partial charge in [0.15, 0.2) is 0 Å². The van der Waals surface area contributed by atoms with E-state index in [1.807, 2.05) is 11.7 Å². The Morgan fingerprint density at radius 3 is 2.50 bits per heavy atom. The molecule has 20 heavy (non-hydrogen) atoms. The quantitative estimate of drug-likeness (QED) is 0.879. The van der Waals surface area contributed by atoms with E-state index in [0.717, 1.165) is 25.2 Å². The first-order chi connectivity index (χ1) is 9.63. The van der Waals surface area contributed by atoms with Gasteiger partial charge in [0, 0.05) is 19.0 Å². The van der Waals surface area contributed by atoms with Crippen LogP contribution in [0.2, 0.25) is 0 Å². The molecule has 0 aliphatic heterocycles. The van der Waals surface area contributed by atoms with Gasteiger partial charge in [-0.3, -0.25) is 4.68 Å². The molecule has 2 aromatic rings. The Kier molecular flexibility index (Phi) is 4.90. The van der Waals surface area contributed by atoms with Gasteiger partial charge in [-0.2, -0.15) is 5.10 Å². The first-order valence-electron chi connectivity index (χ1n) is 7.26. The maximum absolute atomic E-state index is 4.40. The van der Waals surface area contributed by atoms with Gasteiger partial charge in [0.1, 0.15) is 12.2 Å². The first-order valence-corrected chi connectivity index (χ1v) is 7.26. The van der Waals surface area contributed by atoms with Gasteiger partial charge in [-0.1, -0.05) is 36.2 Å². The van der Waals surface area contributed by atoms with Gasteiger partial charge in [0.25, 0.3) is 0 Å². The van der Waals surface area contributed by atoms with Crippen molar-refractivity contribution in [1.29, 1.82) is 0 Å². The van der Waals surface area contributed by atoms with Crippen LogP contribution in [0.15, 0.2) is 24.5 Å².